The Labute approximate surface area is 182 Å². The molecule has 0 saturated heterocycles. The summed E-state index contributed by atoms with van der Waals surface area (Å²) in [4.78, 5) is 21.2. The lowest BCUT2D eigenvalue weighted by Gasteiger charge is -2.26. The SMILES string of the molecule is CCCCc1nc2c(N)nc3ccccc3c2n1CC(C)(C)COC(=O)OCCS. The Kier molecular flexibility index (Phi) is 7.07. The van der Waals surface area contributed by atoms with E-state index < -0.39 is 6.16 Å². The van der Waals surface area contributed by atoms with Gasteiger partial charge in [0.1, 0.15) is 24.6 Å². The van der Waals surface area contributed by atoms with Gasteiger partial charge in [-0.15, -0.1) is 0 Å². The van der Waals surface area contributed by atoms with Crippen LogP contribution in [0.1, 0.15) is 39.4 Å². The highest BCUT2D eigenvalue weighted by Crippen LogP contribution is 2.32. The first kappa shape index (κ1) is 22.2. The zero-order chi connectivity index (χ0) is 21.7. The number of aryl methyl sites for hydroxylation is 1. The minimum atomic E-state index is -0.669. The number of nitrogens with two attached hydrogens (primary N) is 1. The predicted molar refractivity (Wildman–Crippen MR) is 123 cm³/mol. The molecule has 0 unspecified atom stereocenters. The van der Waals surface area contributed by atoms with E-state index in [0.29, 0.717) is 18.1 Å². The van der Waals surface area contributed by atoms with Gasteiger partial charge >= 0.3 is 6.16 Å². The number of hydrogen-bond acceptors (Lipinski definition) is 7. The highest BCUT2D eigenvalue weighted by Gasteiger charge is 2.26. The molecule has 0 aliphatic carbocycles. The molecule has 0 saturated carbocycles. The normalized spacial score (nSPS) is 11.9. The topological polar surface area (TPSA) is 92.3 Å². The van der Waals surface area contributed by atoms with E-state index >= 15 is 0 Å². The summed E-state index contributed by atoms with van der Waals surface area (Å²) in [5, 5.41) is 1.02. The van der Waals surface area contributed by atoms with Crippen molar-refractivity contribution in [2.45, 2.75) is 46.6 Å². The smallest absolute Gasteiger partial charge is 0.434 e. The highest BCUT2D eigenvalue weighted by atomic mass is 32.1. The molecule has 0 aliphatic heterocycles. The molecule has 3 rings (SSSR count). The first-order valence-corrected chi connectivity index (χ1v) is 10.9. The molecule has 7 nitrogen and oxygen atoms in total. The molecule has 0 radical (unpaired) electrons. The Balaban J connectivity index is 1.99. The van der Waals surface area contributed by atoms with E-state index in [1.54, 1.807) is 0 Å². The number of ether oxygens (including phenoxy) is 2. The van der Waals surface area contributed by atoms with Crippen LogP contribution in [0.4, 0.5) is 10.6 Å². The molecule has 0 amide bonds. The predicted octanol–water partition coefficient (Wildman–Crippen LogP) is 4.62. The highest BCUT2D eigenvalue weighted by molar-refractivity contribution is 7.80. The first-order valence-electron chi connectivity index (χ1n) is 10.3. The van der Waals surface area contributed by atoms with Gasteiger partial charge in [-0.1, -0.05) is 45.4 Å². The van der Waals surface area contributed by atoms with Crippen molar-refractivity contribution < 1.29 is 14.3 Å². The van der Waals surface area contributed by atoms with Crippen molar-refractivity contribution in [1.29, 1.82) is 0 Å². The van der Waals surface area contributed by atoms with Crippen molar-refractivity contribution in [2.75, 3.05) is 24.7 Å². The van der Waals surface area contributed by atoms with Crippen LogP contribution in [0.2, 0.25) is 0 Å². The van der Waals surface area contributed by atoms with Gasteiger partial charge in [-0.25, -0.2) is 14.8 Å². The van der Waals surface area contributed by atoms with Crippen LogP contribution in [0.5, 0.6) is 0 Å². The number of hydrogen-bond donors (Lipinski definition) is 2. The molecule has 2 N–H and O–H groups in total. The molecular formula is C22H30N4O3S. The number of para-hydroxylation sites is 1. The second-order valence-corrected chi connectivity index (χ2v) is 8.65. The lowest BCUT2D eigenvalue weighted by Crippen LogP contribution is -2.28. The number of rotatable bonds is 9. The maximum absolute atomic E-state index is 11.8. The Morgan fingerprint density at radius 2 is 2.00 bits per heavy atom. The largest absolute Gasteiger partial charge is 0.508 e. The molecule has 30 heavy (non-hydrogen) atoms. The summed E-state index contributed by atoms with van der Waals surface area (Å²) < 4.78 is 12.5. The van der Waals surface area contributed by atoms with Crippen molar-refractivity contribution >= 4 is 46.5 Å². The monoisotopic (exact) mass is 430 g/mol. The second kappa shape index (κ2) is 9.55. The van der Waals surface area contributed by atoms with E-state index in [-0.39, 0.29) is 18.6 Å². The third kappa shape index (κ3) is 4.98. The van der Waals surface area contributed by atoms with Gasteiger partial charge < -0.3 is 19.8 Å². The number of anilines is 1. The van der Waals surface area contributed by atoms with Crippen LogP contribution in [-0.2, 0) is 22.4 Å². The molecule has 162 valence electrons. The number of aromatic nitrogens is 3. The third-order valence-electron chi connectivity index (χ3n) is 4.92. The van der Waals surface area contributed by atoms with Gasteiger partial charge in [0.15, 0.2) is 5.82 Å². The van der Waals surface area contributed by atoms with Gasteiger partial charge in [0.25, 0.3) is 0 Å². The third-order valence-corrected chi connectivity index (χ3v) is 5.10. The van der Waals surface area contributed by atoms with Crippen LogP contribution in [0.3, 0.4) is 0 Å². The fraction of sp³-hybridized carbons (Fsp3) is 0.500. The van der Waals surface area contributed by atoms with Crippen molar-refractivity contribution in [3.05, 3.63) is 30.1 Å². The Morgan fingerprint density at radius 1 is 1.23 bits per heavy atom. The Bertz CT molecular complexity index is 1030. The maximum Gasteiger partial charge on any atom is 0.508 e. The Hall–Kier alpha value is -2.48. The lowest BCUT2D eigenvalue weighted by atomic mass is 9.94. The number of thiol groups is 1. The average molecular weight is 431 g/mol. The van der Waals surface area contributed by atoms with E-state index in [1.807, 2.05) is 24.3 Å². The molecule has 0 aliphatic rings. The summed E-state index contributed by atoms with van der Waals surface area (Å²) in [7, 11) is 0. The van der Waals surface area contributed by atoms with Crippen molar-refractivity contribution in [3.63, 3.8) is 0 Å². The Morgan fingerprint density at radius 3 is 2.73 bits per heavy atom. The van der Waals surface area contributed by atoms with Crippen molar-refractivity contribution in [2.24, 2.45) is 5.41 Å². The van der Waals surface area contributed by atoms with E-state index in [9.17, 15) is 4.79 Å². The number of unbranched alkanes of at least 4 members (excludes halogenated alkanes) is 1. The summed E-state index contributed by atoms with van der Waals surface area (Å²) in [5.74, 6) is 1.87. The number of benzene rings is 1. The first-order chi connectivity index (χ1) is 14.4. The van der Waals surface area contributed by atoms with E-state index in [2.05, 4.69) is 43.0 Å². The van der Waals surface area contributed by atoms with Crippen molar-refractivity contribution in [3.8, 4) is 0 Å². The average Bonchev–Trinajstić information content (AvgIpc) is 3.07. The quantitative estimate of drug-likeness (QED) is 0.380. The molecular weight excluding hydrogens is 400 g/mol. The van der Waals surface area contributed by atoms with E-state index in [0.717, 1.165) is 47.0 Å². The number of carbonyl (C=O) groups is 1. The van der Waals surface area contributed by atoms with Crippen LogP contribution in [-0.4, -0.2) is 39.7 Å². The van der Waals surface area contributed by atoms with Crippen LogP contribution in [0, 0.1) is 5.41 Å². The van der Waals surface area contributed by atoms with Crippen LogP contribution < -0.4 is 5.73 Å². The van der Waals surface area contributed by atoms with Gasteiger partial charge in [0.05, 0.1) is 11.0 Å². The summed E-state index contributed by atoms with van der Waals surface area (Å²) in [5.41, 5.74) is 8.47. The van der Waals surface area contributed by atoms with Gasteiger partial charge in [0, 0.05) is 29.5 Å². The maximum atomic E-state index is 11.8. The van der Waals surface area contributed by atoms with Crippen molar-refractivity contribution in [1.82, 2.24) is 14.5 Å². The van der Waals surface area contributed by atoms with Crippen LogP contribution in [0.25, 0.3) is 21.9 Å². The molecule has 0 atom stereocenters. The van der Waals surface area contributed by atoms with Gasteiger partial charge in [-0.05, 0) is 12.5 Å². The fourth-order valence-electron chi connectivity index (χ4n) is 3.50. The summed E-state index contributed by atoms with van der Waals surface area (Å²) >= 11 is 4.03. The summed E-state index contributed by atoms with van der Waals surface area (Å²) in [6, 6.07) is 7.95. The number of imidazole rings is 1. The standard InChI is InChI=1S/C22H30N4O3S/c1-4-5-10-17-25-18-19(15-8-6-7-9-16(15)24-20(18)23)26(17)13-22(2,3)14-29-21(27)28-11-12-30/h6-9,30H,4-5,10-14H2,1-3H3,(H2,23,24). The minimum absolute atomic E-state index is 0.226. The van der Waals surface area contributed by atoms with Crippen LogP contribution >= 0.6 is 12.6 Å². The number of nitrogens with zero attached hydrogens (tertiary/aromatic N) is 3. The van der Waals surface area contributed by atoms with E-state index in [1.165, 1.54) is 0 Å². The lowest BCUT2D eigenvalue weighted by molar-refractivity contribution is 0.0290. The summed E-state index contributed by atoms with van der Waals surface area (Å²) in [6.45, 7) is 7.35. The zero-order valence-electron chi connectivity index (χ0n) is 17.9. The van der Waals surface area contributed by atoms with Gasteiger partial charge in [-0.2, -0.15) is 12.6 Å². The summed E-state index contributed by atoms with van der Waals surface area (Å²) in [6.07, 6.45) is 2.28. The fourth-order valence-corrected chi connectivity index (χ4v) is 3.59. The number of carbonyl (C=O) groups excluding carboxylic acids is 1. The molecule has 2 aromatic heterocycles. The van der Waals surface area contributed by atoms with E-state index in [4.69, 9.17) is 20.2 Å². The molecule has 0 fully saturated rings. The minimum Gasteiger partial charge on any atom is -0.434 e. The molecule has 2 heterocycles. The molecule has 3 aromatic rings. The number of pyridine rings is 1. The molecule has 0 spiro atoms. The number of fused-ring (bicyclic) bond motifs is 3. The molecule has 0 bridgehead atoms. The number of nitrogen functional groups attached to an aromatic ring is 1. The molecule has 1 aromatic carbocycles. The second-order valence-electron chi connectivity index (χ2n) is 8.20. The zero-order valence-corrected chi connectivity index (χ0v) is 18.7. The molecule has 8 heteroatoms. The van der Waals surface area contributed by atoms with Gasteiger partial charge in [-0.3, -0.25) is 0 Å². The van der Waals surface area contributed by atoms with Crippen LogP contribution in [0.15, 0.2) is 24.3 Å². The van der Waals surface area contributed by atoms with Gasteiger partial charge in [0.2, 0.25) is 0 Å².